The molecule has 0 spiro atoms. The number of hydrogen-bond acceptors (Lipinski definition) is 6. The van der Waals surface area contributed by atoms with Crippen molar-refractivity contribution in [3.05, 3.63) is 46.8 Å². The summed E-state index contributed by atoms with van der Waals surface area (Å²) in [6.45, 7) is 9.04. The molecule has 174 valence electrons. The van der Waals surface area contributed by atoms with Gasteiger partial charge in [0.05, 0.1) is 17.3 Å². The number of amides is 1. The maximum atomic E-state index is 13.3. The SMILES string of the molecule is Cc1cc(C2CC2)cnc1N1CCN(C(=O)c2ccc(N3C(C)CCC3C=O)nc2C)CC1. The lowest BCUT2D eigenvalue weighted by molar-refractivity contribution is -0.108. The van der Waals surface area contributed by atoms with Crippen molar-refractivity contribution in [2.45, 2.75) is 64.5 Å². The van der Waals surface area contributed by atoms with Crippen molar-refractivity contribution in [3.8, 4) is 0 Å². The Bertz CT molecular complexity index is 1060. The largest absolute Gasteiger partial charge is 0.353 e. The smallest absolute Gasteiger partial charge is 0.255 e. The number of aromatic nitrogens is 2. The normalized spacial score (nSPS) is 23.2. The van der Waals surface area contributed by atoms with Gasteiger partial charge in [0, 0.05) is 38.4 Å². The van der Waals surface area contributed by atoms with Crippen molar-refractivity contribution in [2.75, 3.05) is 36.0 Å². The van der Waals surface area contributed by atoms with E-state index in [4.69, 9.17) is 9.97 Å². The molecule has 0 radical (unpaired) electrons. The van der Waals surface area contributed by atoms with Gasteiger partial charge >= 0.3 is 0 Å². The molecule has 33 heavy (non-hydrogen) atoms. The quantitative estimate of drug-likeness (QED) is 0.654. The van der Waals surface area contributed by atoms with Crippen LogP contribution in [0.3, 0.4) is 0 Å². The van der Waals surface area contributed by atoms with Gasteiger partial charge in [-0.2, -0.15) is 0 Å². The van der Waals surface area contributed by atoms with Gasteiger partial charge in [0.25, 0.3) is 5.91 Å². The summed E-state index contributed by atoms with van der Waals surface area (Å²) in [6, 6.07) is 6.20. The Labute approximate surface area is 195 Å². The number of hydrogen-bond donors (Lipinski definition) is 0. The van der Waals surface area contributed by atoms with E-state index in [0.717, 1.165) is 49.5 Å². The number of aldehydes is 1. The van der Waals surface area contributed by atoms with Crippen LogP contribution in [0.25, 0.3) is 0 Å². The molecule has 0 aromatic carbocycles. The summed E-state index contributed by atoms with van der Waals surface area (Å²) in [5, 5.41) is 0. The molecule has 3 aliphatic rings. The zero-order chi connectivity index (χ0) is 23.1. The number of carbonyl (C=O) groups excluding carboxylic acids is 2. The van der Waals surface area contributed by atoms with Gasteiger partial charge in [-0.25, -0.2) is 9.97 Å². The van der Waals surface area contributed by atoms with Gasteiger partial charge in [-0.15, -0.1) is 0 Å². The third-order valence-electron chi connectivity index (χ3n) is 7.42. The second kappa shape index (κ2) is 8.76. The van der Waals surface area contributed by atoms with Crippen LogP contribution in [0.15, 0.2) is 24.4 Å². The lowest BCUT2D eigenvalue weighted by Crippen LogP contribution is -2.49. The number of anilines is 2. The minimum Gasteiger partial charge on any atom is -0.353 e. The first-order valence-electron chi connectivity index (χ1n) is 12.2. The average Bonchev–Trinajstić information content (AvgIpc) is 3.60. The Morgan fingerprint density at radius 2 is 1.82 bits per heavy atom. The molecule has 2 aromatic heterocycles. The molecule has 2 aliphatic heterocycles. The Hall–Kier alpha value is -2.96. The number of nitrogens with zero attached hydrogens (tertiary/aromatic N) is 5. The first-order chi connectivity index (χ1) is 16.0. The minimum atomic E-state index is -0.128. The van der Waals surface area contributed by atoms with Gasteiger partial charge in [0.15, 0.2) is 0 Å². The molecule has 2 saturated heterocycles. The summed E-state index contributed by atoms with van der Waals surface area (Å²) in [6.07, 6.45) is 7.44. The number of aryl methyl sites for hydroxylation is 2. The number of piperazine rings is 1. The van der Waals surface area contributed by atoms with Crippen LogP contribution < -0.4 is 9.80 Å². The molecule has 7 heteroatoms. The topological polar surface area (TPSA) is 69.6 Å². The van der Waals surface area contributed by atoms with Crippen LogP contribution in [0.4, 0.5) is 11.6 Å². The minimum absolute atomic E-state index is 0.0290. The van der Waals surface area contributed by atoms with Crippen LogP contribution in [0.2, 0.25) is 0 Å². The van der Waals surface area contributed by atoms with Crippen LogP contribution in [-0.2, 0) is 4.79 Å². The van der Waals surface area contributed by atoms with Crippen LogP contribution in [-0.4, -0.2) is 65.3 Å². The zero-order valence-electron chi connectivity index (χ0n) is 19.8. The third kappa shape index (κ3) is 4.21. The van der Waals surface area contributed by atoms with Gasteiger partial charge in [-0.1, -0.05) is 6.07 Å². The summed E-state index contributed by atoms with van der Waals surface area (Å²) in [4.78, 5) is 40.5. The Balaban J connectivity index is 1.25. The van der Waals surface area contributed by atoms with E-state index < -0.39 is 0 Å². The lowest BCUT2D eigenvalue weighted by atomic mass is 10.1. The molecular formula is C26H33N5O2. The molecule has 2 unspecified atom stereocenters. The molecule has 1 aliphatic carbocycles. The van der Waals surface area contributed by atoms with E-state index in [-0.39, 0.29) is 18.0 Å². The predicted molar refractivity (Wildman–Crippen MR) is 129 cm³/mol. The first-order valence-corrected chi connectivity index (χ1v) is 12.2. The van der Waals surface area contributed by atoms with Crippen molar-refractivity contribution in [1.29, 1.82) is 0 Å². The number of carbonyl (C=O) groups is 2. The van der Waals surface area contributed by atoms with E-state index in [2.05, 4.69) is 29.7 Å². The fourth-order valence-corrected chi connectivity index (χ4v) is 5.32. The molecular weight excluding hydrogens is 414 g/mol. The van der Waals surface area contributed by atoms with E-state index in [1.807, 2.05) is 30.2 Å². The van der Waals surface area contributed by atoms with Crippen molar-refractivity contribution >= 4 is 23.8 Å². The van der Waals surface area contributed by atoms with E-state index in [0.29, 0.717) is 24.6 Å². The fourth-order valence-electron chi connectivity index (χ4n) is 5.32. The predicted octanol–water partition coefficient (Wildman–Crippen LogP) is 3.49. The highest BCUT2D eigenvalue weighted by Crippen LogP contribution is 2.40. The maximum absolute atomic E-state index is 13.3. The standard InChI is InChI=1S/C26H33N5O2/c1-17-14-21(20-5-6-20)15-27-25(17)29-10-12-30(13-11-29)26(33)23-8-9-24(28-19(23)3)31-18(2)4-7-22(31)16-32/h8-9,14-16,18,20,22H,4-7,10-13H2,1-3H3. The van der Waals surface area contributed by atoms with Gasteiger partial charge in [0.1, 0.15) is 17.9 Å². The van der Waals surface area contributed by atoms with Crippen LogP contribution in [0.5, 0.6) is 0 Å². The van der Waals surface area contributed by atoms with Crippen LogP contribution in [0.1, 0.15) is 65.7 Å². The van der Waals surface area contributed by atoms with E-state index in [9.17, 15) is 9.59 Å². The third-order valence-corrected chi connectivity index (χ3v) is 7.42. The van der Waals surface area contributed by atoms with E-state index >= 15 is 0 Å². The van der Waals surface area contributed by atoms with Gasteiger partial charge < -0.3 is 19.5 Å². The van der Waals surface area contributed by atoms with Crippen molar-refractivity contribution in [2.24, 2.45) is 0 Å². The second-order valence-corrected chi connectivity index (χ2v) is 9.80. The Morgan fingerprint density at radius 1 is 1.06 bits per heavy atom. The summed E-state index contributed by atoms with van der Waals surface area (Å²) in [5.41, 5.74) is 3.94. The summed E-state index contributed by atoms with van der Waals surface area (Å²) in [5.74, 6) is 2.56. The highest BCUT2D eigenvalue weighted by atomic mass is 16.2. The van der Waals surface area contributed by atoms with Crippen molar-refractivity contribution < 1.29 is 9.59 Å². The number of pyridine rings is 2. The maximum Gasteiger partial charge on any atom is 0.255 e. The zero-order valence-corrected chi connectivity index (χ0v) is 19.8. The summed E-state index contributed by atoms with van der Waals surface area (Å²) < 4.78 is 0. The highest BCUT2D eigenvalue weighted by Gasteiger charge is 2.32. The van der Waals surface area contributed by atoms with Crippen molar-refractivity contribution in [1.82, 2.24) is 14.9 Å². The van der Waals surface area contributed by atoms with Gasteiger partial charge in [-0.3, -0.25) is 4.79 Å². The molecule has 4 heterocycles. The molecule has 1 saturated carbocycles. The van der Waals surface area contributed by atoms with Crippen LogP contribution in [0, 0.1) is 13.8 Å². The Kier molecular flexibility index (Phi) is 5.81. The molecule has 2 aromatic rings. The van der Waals surface area contributed by atoms with E-state index in [1.165, 1.54) is 24.0 Å². The second-order valence-electron chi connectivity index (χ2n) is 9.80. The monoisotopic (exact) mass is 447 g/mol. The fraction of sp³-hybridized carbons (Fsp3) is 0.538. The van der Waals surface area contributed by atoms with Crippen LogP contribution >= 0.6 is 0 Å². The molecule has 7 nitrogen and oxygen atoms in total. The molecule has 5 rings (SSSR count). The number of rotatable bonds is 5. The molecule has 3 fully saturated rings. The van der Waals surface area contributed by atoms with Gasteiger partial charge in [-0.05, 0) is 75.6 Å². The van der Waals surface area contributed by atoms with Crippen molar-refractivity contribution in [3.63, 3.8) is 0 Å². The molecule has 0 N–H and O–H groups in total. The molecule has 1 amide bonds. The van der Waals surface area contributed by atoms with Gasteiger partial charge in [0.2, 0.25) is 0 Å². The molecule has 2 atom stereocenters. The average molecular weight is 448 g/mol. The molecule has 0 bridgehead atoms. The highest BCUT2D eigenvalue weighted by molar-refractivity contribution is 5.95. The summed E-state index contributed by atoms with van der Waals surface area (Å²) >= 11 is 0. The summed E-state index contributed by atoms with van der Waals surface area (Å²) in [7, 11) is 0. The Morgan fingerprint density at radius 3 is 2.45 bits per heavy atom. The lowest BCUT2D eigenvalue weighted by Gasteiger charge is -2.36. The van der Waals surface area contributed by atoms with E-state index in [1.54, 1.807) is 0 Å². The first kappa shape index (κ1) is 21.9.